The van der Waals surface area contributed by atoms with Crippen molar-refractivity contribution in [2.45, 2.75) is 45.7 Å². The molecule has 0 radical (unpaired) electrons. The lowest BCUT2D eigenvalue weighted by Gasteiger charge is -2.18. The fourth-order valence-electron chi connectivity index (χ4n) is 4.02. The zero-order chi connectivity index (χ0) is 23.7. The van der Waals surface area contributed by atoms with Crippen LogP contribution in [0.3, 0.4) is 0 Å². The van der Waals surface area contributed by atoms with Crippen molar-refractivity contribution in [1.29, 1.82) is 0 Å². The van der Waals surface area contributed by atoms with Crippen LogP contribution in [0.25, 0.3) is 22.7 Å². The van der Waals surface area contributed by atoms with E-state index in [1.165, 1.54) is 6.33 Å². The van der Waals surface area contributed by atoms with Gasteiger partial charge in [0, 0.05) is 24.6 Å². The summed E-state index contributed by atoms with van der Waals surface area (Å²) in [6.07, 6.45) is 6.01. The molecule has 5 heterocycles. The molecule has 0 aliphatic carbocycles. The second kappa shape index (κ2) is 9.14. The lowest BCUT2D eigenvalue weighted by atomic mass is 10.1. The number of likely N-dealkylation sites (tertiary alicyclic amines) is 1. The van der Waals surface area contributed by atoms with Crippen molar-refractivity contribution in [2.75, 3.05) is 18.8 Å². The van der Waals surface area contributed by atoms with E-state index in [0.717, 1.165) is 38.2 Å². The molecular formula is C22H26N10O2. The number of hydrogen-bond acceptors (Lipinski definition) is 10. The predicted octanol–water partition coefficient (Wildman–Crippen LogP) is 2.03. The number of carbonyl (C=O) groups excluding carboxylic acids is 1. The Kier molecular flexibility index (Phi) is 5.88. The van der Waals surface area contributed by atoms with E-state index in [1.807, 2.05) is 13.8 Å². The third-order valence-corrected chi connectivity index (χ3v) is 5.93. The number of imidazole rings is 1. The molecule has 1 saturated heterocycles. The molecule has 0 saturated carbocycles. The van der Waals surface area contributed by atoms with Crippen molar-refractivity contribution in [1.82, 2.24) is 45.3 Å². The molecule has 34 heavy (non-hydrogen) atoms. The highest BCUT2D eigenvalue weighted by molar-refractivity contribution is 5.94. The van der Waals surface area contributed by atoms with E-state index in [9.17, 15) is 4.79 Å². The highest BCUT2D eigenvalue weighted by atomic mass is 16.5. The minimum absolute atomic E-state index is 0.272. The number of H-pyrrole nitrogens is 1. The number of nitrogens with one attached hydrogen (secondary N) is 2. The van der Waals surface area contributed by atoms with E-state index in [-0.39, 0.29) is 11.6 Å². The SMILES string of the molecule is CCc1ncc2[nH]c(-c3cc([C@@H](C)NC(=O)c4ncnc(N)c4CN4CCCC4)on3)nc2n1. The van der Waals surface area contributed by atoms with Gasteiger partial charge in [0.1, 0.15) is 34.9 Å². The smallest absolute Gasteiger partial charge is 0.271 e. The topological polar surface area (TPSA) is 165 Å². The lowest BCUT2D eigenvalue weighted by molar-refractivity contribution is 0.0926. The van der Waals surface area contributed by atoms with Crippen molar-refractivity contribution in [3.63, 3.8) is 0 Å². The number of aryl methyl sites for hydroxylation is 1. The maximum absolute atomic E-state index is 13.1. The molecule has 176 valence electrons. The molecule has 1 atom stereocenters. The molecule has 1 aliphatic rings. The number of nitrogens with two attached hydrogens (primary N) is 1. The Morgan fingerprint density at radius 3 is 2.88 bits per heavy atom. The summed E-state index contributed by atoms with van der Waals surface area (Å²) in [5, 5.41) is 7.03. The van der Waals surface area contributed by atoms with Crippen molar-refractivity contribution in [3.8, 4) is 11.5 Å². The van der Waals surface area contributed by atoms with Crippen molar-refractivity contribution >= 4 is 22.9 Å². The lowest BCUT2D eigenvalue weighted by Crippen LogP contribution is -2.30. The fraction of sp³-hybridized carbons (Fsp3) is 0.409. The number of aromatic nitrogens is 7. The largest absolute Gasteiger partial charge is 0.383 e. The minimum atomic E-state index is -0.458. The van der Waals surface area contributed by atoms with E-state index >= 15 is 0 Å². The van der Waals surface area contributed by atoms with Crippen LogP contribution in [0.5, 0.6) is 0 Å². The molecule has 1 aliphatic heterocycles. The summed E-state index contributed by atoms with van der Waals surface area (Å²) in [6, 6.07) is 1.27. The first-order valence-corrected chi connectivity index (χ1v) is 11.3. The van der Waals surface area contributed by atoms with Gasteiger partial charge in [0.25, 0.3) is 5.91 Å². The first-order chi connectivity index (χ1) is 16.5. The molecule has 0 unspecified atom stereocenters. The number of nitrogen functional groups attached to an aromatic ring is 1. The molecule has 0 bridgehead atoms. The van der Waals surface area contributed by atoms with Gasteiger partial charge in [0.05, 0.1) is 12.2 Å². The zero-order valence-corrected chi connectivity index (χ0v) is 19.1. The molecule has 12 heteroatoms. The molecular weight excluding hydrogens is 436 g/mol. The molecule has 4 aromatic heterocycles. The van der Waals surface area contributed by atoms with E-state index in [2.05, 4.69) is 45.3 Å². The average molecular weight is 463 g/mol. The summed E-state index contributed by atoms with van der Waals surface area (Å²) in [5.41, 5.74) is 8.79. The van der Waals surface area contributed by atoms with Crippen LogP contribution in [-0.4, -0.2) is 59.0 Å². The Morgan fingerprint density at radius 1 is 1.26 bits per heavy atom. The number of carbonyl (C=O) groups is 1. The third-order valence-electron chi connectivity index (χ3n) is 5.93. The van der Waals surface area contributed by atoms with Crippen molar-refractivity contribution in [2.24, 2.45) is 0 Å². The van der Waals surface area contributed by atoms with E-state index in [4.69, 9.17) is 10.3 Å². The van der Waals surface area contributed by atoms with E-state index in [1.54, 1.807) is 12.3 Å². The van der Waals surface area contributed by atoms with Gasteiger partial charge in [-0.15, -0.1) is 0 Å². The predicted molar refractivity (Wildman–Crippen MR) is 123 cm³/mol. The zero-order valence-electron chi connectivity index (χ0n) is 19.1. The summed E-state index contributed by atoms with van der Waals surface area (Å²) >= 11 is 0. The van der Waals surface area contributed by atoms with E-state index in [0.29, 0.717) is 46.4 Å². The molecule has 4 N–H and O–H groups in total. The summed E-state index contributed by atoms with van der Waals surface area (Å²) in [5.74, 6) is 1.69. The van der Waals surface area contributed by atoms with Crippen LogP contribution in [0.4, 0.5) is 5.82 Å². The van der Waals surface area contributed by atoms with Gasteiger partial charge in [0.2, 0.25) is 0 Å². The van der Waals surface area contributed by atoms with Crippen LogP contribution >= 0.6 is 0 Å². The molecule has 1 fully saturated rings. The van der Waals surface area contributed by atoms with Gasteiger partial charge in [0.15, 0.2) is 17.2 Å². The second-order valence-electron chi connectivity index (χ2n) is 8.34. The van der Waals surface area contributed by atoms with Crippen LogP contribution in [0.15, 0.2) is 23.1 Å². The van der Waals surface area contributed by atoms with Gasteiger partial charge in [-0.25, -0.2) is 24.9 Å². The van der Waals surface area contributed by atoms with Crippen LogP contribution in [0.1, 0.15) is 60.4 Å². The van der Waals surface area contributed by atoms with Gasteiger partial charge in [-0.05, 0) is 32.9 Å². The number of hydrogen-bond donors (Lipinski definition) is 3. The number of nitrogens with zero attached hydrogens (tertiary/aromatic N) is 7. The van der Waals surface area contributed by atoms with Gasteiger partial charge in [-0.2, -0.15) is 0 Å². The number of anilines is 1. The fourth-order valence-corrected chi connectivity index (χ4v) is 4.02. The molecule has 12 nitrogen and oxygen atoms in total. The monoisotopic (exact) mass is 462 g/mol. The van der Waals surface area contributed by atoms with Crippen LogP contribution in [0.2, 0.25) is 0 Å². The first kappa shape index (κ1) is 21.9. The Bertz CT molecular complexity index is 1320. The Hall–Kier alpha value is -3.93. The van der Waals surface area contributed by atoms with Gasteiger partial charge >= 0.3 is 0 Å². The van der Waals surface area contributed by atoms with Gasteiger partial charge in [-0.3, -0.25) is 9.69 Å². The quantitative estimate of drug-likeness (QED) is 0.370. The molecule has 5 rings (SSSR count). The maximum atomic E-state index is 13.1. The van der Waals surface area contributed by atoms with Gasteiger partial charge < -0.3 is 20.6 Å². The Morgan fingerprint density at radius 2 is 2.09 bits per heavy atom. The summed E-state index contributed by atoms with van der Waals surface area (Å²) in [6.45, 7) is 6.29. The maximum Gasteiger partial charge on any atom is 0.271 e. The van der Waals surface area contributed by atoms with Crippen molar-refractivity contribution < 1.29 is 9.32 Å². The molecule has 0 spiro atoms. The Balaban J connectivity index is 1.32. The number of rotatable bonds is 7. The highest BCUT2D eigenvalue weighted by Gasteiger charge is 2.24. The Labute approximate surface area is 195 Å². The molecule has 4 aromatic rings. The van der Waals surface area contributed by atoms with Crippen LogP contribution < -0.4 is 11.1 Å². The minimum Gasteiger partial charge on any atom is -0.383 e. The van der Waals surface area contributed by atoms with Crippen molar-refractivity contribution in [3.05, 3.63) is 41.4 Å². The average Bonchev–Trinajstić information content (AvgIpc) is 3.60. The third kappa shape index (κ3) is 4.31. The summed E-state index contributed by atoms with van der Waals surface area (Å²) < 4.78 is 5.49. The number of fused-ring (bicyclic) bond motifs is 1. The van der Waals surface area contributed by atoms with E-state index < -0.39 is 6.04 Å². The highest BCUT2D eigenvalue weighted by Crippen LogP contribution is 2.24. The van der Waals surface area contributed by atoms with Gasteiger partial charge in [-0.1, -0.05) is 12.1 Å². The van der Waals surface area contributed by atoms with Crippen LogP contribution in [-0.2, 0) is 13.0 Å². The molecule has 1 amide bonds. The van der Waals surface area contributed by atoms with Crippen LogP contribution in [0, 0.1) is 0 Å². The standard InChI is InChI=1S/C22H26N10O2/c1-3-17-24-9-15-21(29-17)30-20(28-15)14-8-16(34-31-14)12(2)27-22(33)18-13(19(23)26-11-25-18)10-32-6-4-5-7-32/h8-9,11-12H,3-7,10H2,1-2H3,(H,27,33)(H2,23,25,26)(H,24,28,29,30)/t12-/m1/s1. The second-order valence-corrected chi connectivity index (χ2v) is 8.34. The number of aromatic amines is 1. The normalized spacial score (nSPS) is 15.1. The summed E-state index contributed by atoms with van der Waals surface area (Å²) in [4.78, 5) is 39.9. The summed E-state index contributed by atoms with van der Waals surface area (Å²) in [7, 11) is 0. The number of amides is 1. The first-order valence-electron chi connectivity index (χ1n) is 11.3. The molecule has 0 aromatic carbocycles.